The first-order valence-electron chi connectivity index (χ1n) is 9.77. The van der Waals surface area contributed by atoms with Crippen LogP contribution in [0, 0.1) is 0 Å². The minimum Gasteiger partial charge on any atom is -0.345 e. The van der Waals surface area contributed by atoms with Crippen molar-refractivity contribution in [1.29, 1.82) is 0 Å². The molecule has 2 amide bonds. The second-order valence-electron chi connectivity index (χ2n) is 6.56. The van der Waals surface area contributed by atoms with Crippen LogP contribution in [0.5, 0.6) is 0 Å². The van der Waals surface area contributed by atoms with E-state index in [2.05, 4.69) is 20.8 Å². The zero-order valence-electron chi connectivity index (χ0n) is 17.2. The molecule has 0 aliphatic carbocycles. The predicted molar refractivity (Wildman–Crippen MR) is 129 cm³/mol. The maximum atomic E-state index is 12.2. The molecule has 0 spiro atoms. The van der Waals surface area contributed by atoms with Gasteiger partial charge in [0.1, 0.15) is 0 Å². The Kier molecular flexibility index (Phi) is 8.72. The summed E-state index contributed by atoms with van der Waals surface area (Å²) in [4.78, 5) is 24.4. The molecule has 0 saturated carbocycles. The summed E-state index contributed by atoms with van der Waals surface area (Å²) < 4.78 is 1.86. The fourth-order valence-corrected chi connectivity index (χ4v) is 3.88. The lowest BCUT2D eigenvalue weighted by Crippen LogP contribution is -2.22. The average molecular weight is 490 g/mol. The topological polar surface area (TPSA) is 88.9 Å². The van der Waals surface area contributed by atoms with Crippen LogP contribution in [0.4, 0.5) is 5.69 Å². The summed E-state index contributed by atoms with van der Waals surface area (Å²) in [5.41, 5.74) is 1.43. The number of carbonyl (C=O) groups is 2. The van der Waals surface area contributed by atoms with E-state index >= 15 is 0 Å². The van der Waals surface area contributed by atoms with E-state index in [1.165, 1.54) is 17.8 Å². The van der Waals surface area contributed by atoms with Crippen LogP contribution in [0.1, 0.15) is 18.3 Å². The highest BCUT2D eigenvalue weighted by molar-refractivity contribution is 7.99. The Labute approximate surface area is 200 Å². The van der Waals surface area contributed by atoms with Crippen LogP contribution in [0.25, 0.3) is 6.08 Å². The molecule has 3 aromatic rings. The van der Waals surface area contributed by atoms with Crippen molar-refractivity contribution < 1.29 is 9.59 Å². The van der Waals surface area contributed by atoms with Gasteiger partial charge in [-0.15, -0.1) is 10.2 Å². The molecule has 3 rings (SSSR count). The van der Waals surface area contributed by atoms with Gasteiger partial charge >= 0.3 is 0 Å². The molecule has 0 atom stereocenters. The lowest BCUT2D eigenvalue weighted by Gasteiger charge is -2.08. The predicted octanol–water partition coefficient (Wildman–Crippen LogP) is 4.67. The SMILES string of the molecule is CCn1c(CNC(=O)/C=C/c2ccccc2Cl)nnc1SCC(=O)Nc1ccc(Cl)cc1. The second kappa shape index (κ2) is 11.7. The molecule has 0 bridgehead atoms. The first kappa shape index (κ1) is 23.8. The highest BCUT2D eigenvalue weighted by Gasteiger charge is 2.14. The maximum Gasteiger partial charge on any atom is 0.244 e. The molecule has 2 aromatic carbocycles. The summed E-state index contributed by atoms with van der Waals surface area (Å²) >= 11 is 13.2. The van der Waals surface area contributed by atoms with E-state index in [9.17, 15) is 9.59 Å². The summed E-state index contributed by atoms with van der Waals surface area (Å²) in [6.07, 6.45) is 3.08. The van der Waals surface area contributed by atoms with Crippen LogP contribution in [0.3, 0.4) is 0 Å². The van der Waals surface area contributed by atoms with Crippen molar-refractivity contribution in [3.05, 3.63) is 76.0 Å². The second-order valence-corrected chi connectivity index (χ2v) is 8.35. The molecule has 0 radical (unpaired) electrons. The Morgan fingerprint density at radius 1 is 1.09 bits per heavy atom. The van der Waals surface area contributed by atoms with Crippen molar-refractivity contribution >= 4 is 58.5 Å². The van der Waals surface area contributed by atoms with E-state index in [1.807, 2.05) is 29.7 Å². The molecule has 166 valence electrons. The summed E-state index contributed by atoms with van der Waals surface area (Å²) in [7, 11) is 0. The lowest BCUT2D eigenvalue weighted by atomic mass is 10.2. The molecule has 32 heavy (non-hydrogen) atoms. The van der Waals surface area contributed by atoms with E-state index in [1.54, 1.807) is 36.4 Å². The highest BCUT2D eigenvalue weighted by Crippen LogP contribution is 2.19. The van der Waals surface area contributed by atoms with Gasteiger partial charge in [0.05, 0.1) is 12.3 Å². The largest absolute Gasteiger partial charge is 0.345 e. The van der Waals surface area contributed by atoms with Gasteiger partial charge in [0, 0.05) is 28.4 Å². The van der Waals surface area contributed by atoms with Gasteiger partial charge in [0.15, 0.2) is 11.0 Å². The maximum absolute atomic E-state index is 12.2. The van der Waals surface area contributed by atoms with Crippen molar-refractivity contribution in [1.82, 2.24) is 20.1 Å². The van der Waals surface area contributed by atoms with Crippen molar-refractivity contribution in [3.8, 4) is 0 Å². The zero-order chi connectivity index (χ0) is 22.9. The van der Waals surface area contributed by atoms with E-state index in [0.717, 1.165) is 5.56 Å². The number of rotatable bonds is 9. The monoisotopic (exact) mass is 489 g/mol. The summed E-state index contributed by atoms with van der Waals surface area (Å²) in [6, 6.07) is 14.2. The quantitative estimate of drug-likeness (QED) is 0.336. The third kappa shape index (κ3) is 6.85. The minimum absolute atomic E-state index is 0.164. The van der Waals surface area contributed by atoms with E-state index < -0.39 is 0 Å². The third-order valence-electron chi connectivity index (χ3n) is 4.31. The van der Waals surface area contributed by atoms with Crippen LogP contribution in [-0.2, 0) is 22.7 Å². The fourth-order valence-electron chi connectivity index (χ4n) is 2.74. The number of anilines is 1. The molecular formula is C22H21Cl2N5O2S. The summed E-state index contributed by atoms with van der Waals surface area (Å²) in [6.45, 7) is 2.77. The minimum atomic E-state index is -0.271. The molecule has 7 nitrogen and oxygen atoms in total. The van der Waals surface area contributed by atoms with Crippen LogP contribution >= 0.6 is 35.0 Å². The Bertz CT molecular complexity index is 1120. The van der Waals surface area contributed by atoms with Gasteiger partial charge in [-0.1, -0.05) is 53.2 Å². The summed E-state index contributed by atoms with van der Waals surface area (Å²) in [5, 5.41) is 15.7. The standard InChI is InChI=1S/C22H21Cl2N5O2S/c1-2-29-19(13-25-20(30)12-7-15-5-3-4-6-18(15)24)27-28-22(29)32-14-21(31)26-17-10-8-16(23)9-11-17/h3-12H,2,13-14H2,1H3,(H,25,30)(H,26,31)/b12-7+. The van der Waals surface area contributed by atoms with Gasteiger partial charge in [0.2, 0.25) is 11.8 Å². The number of carbonyl (C=O) groups excluding carboxylic acids is 2. The number of benzene rings is 2. The van der Waals surface area contributed by atoms with Crippen molar-refractivity contribution in [3.63, 3.8) is 0 Å². The van der Waals surface area contributed by atoms with Crippen LogP contribution in [0.2, 0.25) is 10.0 Å². The number of aromatic nitrogens is 3. The first-order valence-corrected chi connectivity index (χ1v) is 11.5. The van der Waals surface area contributed by atoms with Crippen LogP contribution in [-0.4, -0.2) is 32.3 Å². The van der Waals surface area contributed by atoms with Gasteiger partial charge in [0.25, 0.3) is 0 Å². The summed E-state index contributed by atoms with van der Waals surface area (Å²) in [5.74, 6) is 0.343. The number of halogens is 2. The third-order valence-corrected chi connectivity index (χ3v) is 5.87. The van der Waals surface area contributed by atoms with E-state index in [4.69, 9.17) is 23.2 Å². The number of hydrogen-bond donors (Lipinski definition) is 2. The van der Waals surface area contributed by atoms with Gasteiger partial charge in [-0.2, -0.15) is 0 Å². The molecule has 0 unspecified atom stereocenters. The molecule has 0 aliphatic heterocycles. The van der Waals surface area contributed by atoms with E-state index in [0.29, 0.717) is 33.3 Å². The average Bonchev–Trinajstić information content (AvgIpc) is 3.19. The fraction of sp³-hybridized carbons (Fsp3) is 0.182. The number of nitrogens with one attached hydrogen (secondary N) is 2. The lowest BCUT2D eigenvalue weighted by molar-refractivity contribution is -0.116. The molecular weight excluding hydrogens is 469 g/mol. The molecule has 1 heterocycles. The molecule has 0 saturated heterocycles. The highest BCUT2D eigenvalue weighted by atomic mass is 35.5. The normalized spacial score (nSPS) is 11.0. The Morgan fingerprint density at radius 3 is 2.56 bits per heavy atom. The van der Waals surface area contributed by atoms with Crippen molar-refractivity contribution in [2.24, 2.45) is 0 Å². The molecule has 2 N–H and O–H groups in total. The molecule has 0 aliphatic rings. The van der Waals surface area contributed by atoms with Gasteiger partial charge < -0.3 is 15.2 Å². The molecule has 1 aromatic heterocycles. The number of hydrogen-bond acceptors (Lipinski definition) is 5. The number of amides is 2. The number of nitrogens with zero attached hydrogens (tertiary/aromatic N) is 3. The van der Waals surface area contributed by atoms with Gasteiger partial charge in [-0.05, 0) is 48.9 Å². The Balaban J connectivity index is 1.52. The number of thioether (sulfide) groups is 1. The Hall–Kier alpha value is -2.81. The van der Waals surface area contributed by atoms with Crippen LogP contribution < -0.4 is 10.6 Å². The molecule has 10 heteroatoms. The van der Waals surface area contributed by atoms with Crippen LogP contribution in [0.15, 0.2) is 59.8 Å². The van der Waals surface area contributed by atoms with Gasteiger partial charge in [-0.25, -0.2) is 0 Å². The van der Waals surface area contributed by atoms with E-state index in [-0.39, 0.29) is 24.1 Å². The Morgan fingerprint density at radius 2 is 1.84 bits per heavy atom. The smallest absolute Gasteiger partial charge is 0.244 e. The first-order chi connectivity index (χ1) is 15.5. The van der Waals surface area contributed by atoms with Gasteiger partial charge in [-0.3, -0.25) is 9.59 Å². The molecule has 0 fully saturated rings. The zero-order valence-corrected chi connectivity index (χ0v) is 19.5. The van der Waals surface area contributed by atoms with Crippen molar-refractivity contribution in [2.45, 2.75) is 25.2 Å². The van der Waals surface area contributed by atoms with Crippen molar-refractivity contribution in [2.75, 3.05) is 11.1 Å².